The van der Waals surface area contributed by atoms with Crippen LogP contribution in [-0.4, -0.2) is 5.91 Å². The molecule has 0 atom stereocenters. The molecule has 0 aliphatic heterocycles. The lowest BCUT2D eigenvalue weighted by molar-refractivity contribution is 0.0951. The molecule has 2 aromatic carbocycles. The molecule has 1 amide bonds. The Balaban J connectivity index is 0.00000242. The van der Waals surface area contributed by atoms with Gasteiger partial charge in [-0.15, -0.1) is 12.4 Å². The molecule has 22 heavy (non-hydrogen) atoms. The molecule has 0 unspecified atom stereocenters. The standard InChI is InChI=1S/C18H22N2O.ClH/c1-18(2,3)15-9-7-13(8-10-15)12-20-17(21)14-5-4-6-16(19)11-14;/h4-11H,12,19H2,1-3H3,(H,20,21);1H. The number of nitrogen functional groups attached to an aromatic ring is 1. The Labute approximate surface area is 138 Å². The first kappa shape index (κ1) is 18.1. The molecule has 0 bridgehead atoms. The van der Waals surface area contributed by atoms with Gasteiger partial charge in [0.2, 0.25) is 0 Å². The topological polar surface area (TPSA) is 55.1 Å². The van der Waals surface area contributed by atoms with Gasteiger partial charge in [0.1, 0.15) is 0 Å². The summed E-state index contributed by atoms with van der Waals surface area (Å²) in [7, 11) is 0. The first-order valence-corrected chi connectivity index (χ1v) is 7.09. The highest BCUT2D eigenvalue weighted by Gasteiger charge is 2.13. The van der Waals surface area contributed by atoms with Crippen LogP contribution in [0.4, 0.5) is 5.69 Å². The molecule has 0 fully saturated rings. The lowest BCUT2D eigenvalue weighted by atomic mass is 9.87. The van der Waals surface area contributed by atoms with Crippen LogP contribution in [-0.2, 0) is 12.0 Å². The Kier molecular flexibility index (Phi) is 6.01. The van der Waals surface area contributed by atoms with Crippen molar-refractivity contribution in [3.63, 3.8) is 0 Å². The van der Waals surface area contributed by atoms with Crippen LogP contribution in [0.2, 0.25) is 0 Å². The van der Waals surface area contributed by atoms with E-state index in [1.807, 2.05) is 0 Å². The summed E-state index contributed by atoms with van der Waals surface area (Å²) in [4.78, 5) is 12.0. The Morgan fingerprint density at radius 2 is 1.73 bits per heavy atom. The summed E-state index contributed by atoms with van der Waals surface area (Å²) in [6.07, 6.45) is 0. The predicted molar refractivity (Wildman–Crippen MR) is 94.4 cm³/mol. The van der Waals surface area contributed by atoms with Gasteiger partial charge < -0.3 is 11.1 Å². The fourth-order valence-electron chi connectivity index (χ4n) is 2.09. The van der Waals surface area contributed by atoms with Gasteiger partial charge in [0, 0.05) is 17.8 Å². The molecule has 0 aromatic heterocycles. The van der Waals surface area contributed by atoms with E-state index < -0.39 is 0 Å². The number of amides is 1. The molecule has 0 aliphatic rings. The SMILES string of the molecule is CC(C)(C)c1ccc(CNC(=O)c2cccc(N)c2)cc1.Cl. The van der Waals surface area contributed by atoms with Crippen molar-refractivity contribution in [3.8, 4) is 0 Å². The maximum absolute atomic E-state index is 12.0. The number of benzene rings is 2. The largest absolute Gasteiger partial charge is 0.399 e. The van der Waals surface area contributed by atoms with Crippen molar-refractivity contribution in [2.75, 3.05) is 5.73 Å². The third kappa shape index (κ3) is 4.78. The number of hydrogen-bond acceptors (Lipinski definition) is 2. The zero-order valence-corrected chi connectivity index (χ0v) is 14.0. The second-order valence-corrected chi connectivity index (χ2v) is 6.26. The number of carbonyl (C=O) groups excluding carboxylic acids is 1. The normalized spacial score (nSPS) is 10.7. The highest BCUT2D eigenvalue weighted by molar-refractivity contribution is 5.94. The molecule has 118 valence electrons. The first-order valence-electron chi connectivity index (χ1n) is 7.09. The maximum Gasteiger partial charge on any atom is 0.251 e. The average Bonchev–Trinajstić information content (AvgIpc) is 2.44. The summed E-state index contributed by atoms with van der Waals surface area (Å²) in [6.45, 7) is 7.06. The minimum absolute atomic E-state index is 0. The van der Waals surface area contributed by atoms with Crippen molar-refractivity contribution in [2.45, 2.75) is 32.7 Å². The third-order valence-corrected chi connectivity index (χ3v) is 3.42. The average molecular weight is 319 g/mol. The molecular weight excluding hydrogens is 296 g/mol. The zero-order chi connectivity index (χ0) is 15.5. The maximum atomic E-state index is 12.0. The highest BCUT2D eigenvalue weighted by Crippen LogP contribution is 2.22. The van der Waals surface area contributed by atoms with Gasteiger partial charge in [-0.3, -0.25) is 4.79 Å². The molecule has 3 nitrogen and oxygen atoms in total. The van der Waals surface area contributed by atoms with Gasteiger partial charge in [-0.1, -0.05) is 51.1 Å². The Morgan fingerprint density at radius 3 is 2.27 bits per heavy atom. The molecule has 4 heteroatoms. The summed E-state index contributed by atoms with van der Waals surface area (Å²) in [6, 6.07) is 15.3. The van der Waals surface area contributed by atoms with Crippen LogP contribution in [0.5, 0.6) is 0 Å². The molecule has 0 aliphatic carbocycles. The van der Waals surface area contributed by atoms with Crippen LogP contribution in [0.1, 0.15) is 42.3 Å². The number of nitrogens with one attached hydrogen (secondary N) is 1. The van der Waals surface area contributed by atoms with Crippen molar-refractivity contribution >= 4 is 24.0 Å². The van der Waals surface area contributed by atoms with E-state index in [2.05, 4.69) is 50.4 Å². The van der Waals surface area contributed by atoms with Gasteiger partial charge in [-0.2, -0.15) is 0 Å². The van der Waals surface area contributed by atoms with E-state index in [1.165, 1.54) is 5.56 Å². The number of anilines is 1. The fourth-order valence-corrected chi connectivity index (χ4v) is 2.09. The fraction of sp³-hybridized carbons (Fsp3) is 0.278. The van der Waals surface area contributed by atoms with Crippen molar-refractivity contribution in [2.24, 2.45) is 0 Å². The second-order valence-electron chi connectivity index (χ2n) is 6.26. The summed E-state index contributed by atoms with van der Waals surface area (Å²) in [5, 5.41) is 2.91. The quantitative estimate of drug-likeness (QED) is 0.843. The van der Waals surface area contributed by atoms with Gasteiger partial charge in [-0.25, -0.2) is 0 Å². The van der Waals surface area contributed by atoms with Crippen LogP contribution < -0.4 is 11.1 Å². The number of carbonyl (C=O) groups is 1. The van der Waals surface area contributed by atoms with Crippen LogP contribution >= 0.6 is 12.4 Å². The molecule has 3 N–H and O–H groups in total. The van der Waals surface area contributed by atoms with Gasteiger partial charge in [0.25, 0.3) is 5.91 Å². The monoisotopic (exact) mass is 318 g/mol. The smallest absolute Gasteiger partial charge is 0.251 e. The van der Waals surface area contributed by atoms with Gasteiger partial charge in [0.15, 0.2) is 0 Å². The lowest BCUT2D eigenvalue weighted by Gasteiger charge is -2.19. The van der Waals surface area contributed by atoms with E-state index in [0.29, 0.717) is 17.8 Å². The second kappa shape index (κ2) is 7.32. The molecule has 2 aromatic rings. The van der Waals surface area contributed by atoms with E-state index in [-0.39, 0.29) is 23.7 Å². The zero-order valence-electron chi connectivity index (χ0n) is 13.2. The molecule has 0 radical (unpaired) electrons. The Morgan fingerprint density at radius 1 is 1.09 bits per heavy atom. The number of nitrogens with two attached hydrogens (primary N) is 1. The van der Waals surface area contributed by atoms with E-state index in [1.54, 1.807) is 24.3 Å². The third-order valence-electron chi connectivity index (χ3n) is 3.42. The van der Waals surface area contributed by atoms with Crippen molar-refractivity contribution in [1.29, 1.82) is 0 Å². The van der Waals surface area contributed by atoms with Gasteiger partial charge in [0.05, 0.1) is 0 Å². The summed E-state index contributed by atoms with van der Waals surface area (Å²) >= 11 is 0. The van der Waals surface area contributed by atoms with Crippen molar-refractivity contribution in [1.82, 2.24) is 5.32 Å². The Hall–Kier alpha value is -2.00. The van der Waals surface area contributed by atoms with Crippen molar-refractivity contribution < 1.29 is 4.79 Å². The van der Waals surface area contributed by atoms with E-state index in [0.717, 1.165) is 5.56 Å². The molecule has 0 saturated heterocycles. The molecular formula is C18H23ClN2O. The highest BCUT2D eigenvalue weighted by atomic mass is 35.5. The van der Waals surface area contributed by atoms with E-state index >= 15 is 0 Å². The summed E-state index contributed by atoms with van der Waals surface area (Å²) in [5.41, 5.74) is 9.37. The lowest BCUT2D eigenvalue weighted by Crippen LogP contribution is -2.23. The predicted octanol–water partition coefficient (Wildman–Crippen LogP) is 3.92. The van der Waals surface area contributed by atoms with Gasteiger partial charge >= 0.3 is 0 Å². The number of halogens is 1. The summed E-state index contributed by atoms with van der Waals surface area (Å²) < 4.78 is 0. The van der Waals surface area contributed by atoms with Crippen LogP contribution in [0.3, 0.4) is 0 Å². The first-order chi connectivity index (χ1) is 9.86. The molecule has 0 heterocycles. The summed E-state index contributed by atoms with van der Waals surface area (Å²) in [5.74, 6) is -0.109. The van der Waals surface area contributed by atoms with E-state index in [9.17, 15) is 4.79 Å². The Bertz CT molecular complexity index is 630. The minimum Gasteiger partial charge on any atom is -0.399 e. The van der Waals surface area contributed by atoms with Gasteiger partial charge in [-0.05, 0) is 34.7 Å². The number of hydrogen-bond donors (Lipinski definition) is 2. The van der Waals surface area contributed by atoms with Crippen LogP contribution in [0.15, 0.2) is 48.5 Å². The van der Waals surface area contributed by atoms with Crippen LogP contribution in [0.25, 0.3) is 0 Å². The van der Waals surface area contributed by atoms with Crippen LogP contribution in [0, 0.1) is 0 Å². The minimum atomic E-state index is -0.109. The van der Waals surface area contributed by atoms with Crippen molar-refractivity contribution in [3.05, 3.63) is 65.2 Å². The molecule has 0 spiro atoms. The molecule has 2 rings (SSSR count). The molecule has 0 saturated carbocycles. The number of rotatable bonds is 3. The van der Waals surface area contributed by atoms with E-state index in [4.69, 9.17) is 5.73 Å².